The minimum Gasteiger partial charge on any atom is -0.494 e. The highest BCUT2D eigenvalue weighted by molar-refractivity contribution is 5.76. The number of rotatable bonds is 6. The lowest BCUT2D eigenvalue weighted by Gasteiger charge is -2.13. The van der Waals surface area contributed by atoms with Gasteiger partial charge in [-0.05, 0) is 25.8 Å². The number of nitrogens with zero attached hydrogens (tertiary/aromatic N) is 5. The second-order valence-electron chi connectivity index (χ2n) is 7.42. The second-order valence-corrected chi connectivity index (χ2v) is 7.42. The normalized spacial score (nSPS) is 11.6. The van der Waals surface area contributed by atoms with Crippen LogP contribution >= 0.6 is 0 Å². The minimum atomic E-state index is -0.539. The highest BCUT2D eigenvalue weighted by Crippen LogP contribution is 2.23. The van der Waals surface area contributed by atoms with Crippen LogP contribution in [-0.2, 0) is 26.1 Å². The molecule has 0 saturated heterocycles. The molecule has 162 valence electrons. The molecule has 4 aromatic rings. The Hall–Kier alpha value is -3.62. The van der Waals surface area contributed by atoms with Gasteiger partial charge in [0.25, 0.3) is 11.1 Å². The van der Waals surface area contributed by atoms with Crippen LogP contribution in [0.2, 0.25) is 0 Å². The van der Waals surface area contributed by atoms with Crippen molar-refractivity contribution in [3.8, 4) is 5.88 Å². The van der Waals surface area contributed by atoms with Gasteiger partial charge in [0.05, 0.1) is 12.1 Å². The van der Waals surface area contributed by atoms with Crippen molar-refractivity contribution in [2.75, 3.05) is 0 Å². The van der Waals surface area contributed by atoms with Crippen molar-refractivity contribution in [1.82, 2.24) is 23.1 Å². The molecular weight excluding hydrogens is 398 g/mol. The van der Waals surface area contributed by atoms with Crippen molar-refractivity contribution in [2.24, 2.45) is 0 Å². The topological polar surface area (TPSA) is 104 Å². The summed E-state index contributed by atoms with van der Waals surface area (Å²) < 4.78 is 5.29. The molecule has 0 aliphatic heterocycles. The first-order valence-corrected chi connectivity index (χ1v) is 10.5. The van der Waals surface area contributed by atoms with E-state index in [0.29, 0.717) is 19.4 Å². The van der Waals surface area contributed by atoms with Crippen molar-refractivity contribution in [1.29, 1.82) is 0 Å². The highest BCUT2D eigenvalue weighted by Gasteiger charge is 2.24. The molecular formula is C22H25N5O4. The molecule has 1 N–H and O–H groups in total. The van der Waals surface area contributed by atoms with Crippen LogP contribution in [0.4, 0.5) is 0 Å². The number of aryl methyl sites for hydroxylation is 1. The fourth-order valence-corrected chi connectivity index (χ4v) is 4.04. The molecule has 4 rings (SSSR count). The Kier molecular flexibility index (Phi) is 5.26. The van der Waals surface area contributed by atoms with Crippen LogP contribution in [0.5, 0.6) is 5.88 Å². The molecule has 3 aromatic heterocycles. The summed E-state index contributed by atoms with van der Waals surface area (Å²) in [6, 6.07) is 9.43. The molecule has 0 aliphatic carbocycles. The third-order valence-corrected chi connectivity index (χ3v) is 5.55. The van der Waals surface area contributed by atoms with Gasteiger partial charge in [-0.3, -0.25) is 23.3 Å². The summed E-state index contributed by atoms with van der Waals surface area (Å²) in [5.74, 6) is -0.163. The van der Waals surface area contributed by atoms with Crippen LogP contribution in [0.15, 0.2) is 44.7 Å². The Balaban J connectivity index is 2.22. The summed E-state index contributed by atoms with van der Waals surface area (Å²) in [4.78, 5) is 43.8. The summed E-state index contributed by atoms with van der Waals surface area (Å²) >= 11 is 0. The zero-order valence-corrected chi connectivity index (χ0v) is 17.8. The number of fused-ring (bicyclic) bond motifs is 3. The summed E-state index contributed by atoms with van der Waals surface area (Å²) in [6.07, 6.45) is 0.996. The summed E-state index contributed by atoms with van der Waals surface area (Å²) in [7, 11) is 0. The van der Waals surface area contributed by atoms with Gasteiger partial charge in [0.1, 0.15) is 0 Å². The van der Waals surface area contributed by atoms with Gasteiger partial charge in [-0.25, -0.2) is 9.20 Å². The maximum Gasteiger partial charge on any atom is 0.332 e. The van der Waals surface area contributed by atoms with Gasteiger partial charge in [-0.15, -0.1) is 0 Å². The van der Waals surface area contributed by atoms with E-state index >= 15 is 0 Å². The summed E-state index contributed by atoms with van der Waals surface area (Å²) in [6.45, 7) is 6.12. The van der Waals surface area contributed by atoms with Gasteiger partial charge < -0.3 is 5.11 Å². The number of aromatic nitrogens is 5. The van der Waals surface area contributed by atoms with Crippen LogP contribution < -0.4 is 16.8 Å². The first-order valence-electron chi connectivity index (χ1n) is 10.5. The molecule has 0 radical (unpaired) electrons. The standard InChI is InChI=1S/C22H25N5O4/c1-4-10-15-18(28)26(13-14-11-8-7-9-12-14)21-23-17-16(27(21)19(15)29)20(30)25(6-3)22(31)24(17)5-2/h7-9,11-12,29H,4-6,10,13H2,1-3H3. The molecule has 1 aromatic carbocycles. The Labute approximate surface area is 177 Å². The fourth-order valence-electron chi connectivity index (χ4n) is 4.04. The first kappa shape index (κ1) is 20.6. The van der Waals surface area contributed by atoms with Crippen molar-refractivity contribution in [2.45, 2.75) is 53.2 Å². The molecule has 0 saturated carbocycles. The van der Waals surface area contributed by atoms with Crippen LogP contribution in [0.1, 0.15) is 38.3 Å². The Morgan fingerprint density at radius 2 is 1.58 bits per heavy atom. The smallest absolute Gasteiger partial charge is 0.332 e. The SMILES string of the molecule is CCCc1c(O)n2c3c(=O)n(CC)c(=O)n(CC)c3nc2n(Cc2ccccc2)c1=O. The predicted molar refractivity (Wildman–Crippen MR) is 118 cm³/mol. The second kappa shape index (κ2) is 7.90. The first-order chi connectivity index (χ1) is 14.9. The van der Waals surface area contributed by atoms with Crippen molar-refractivity contribution in [3.05, 3.63) is 72.7 Å². The van der Waals surface area contributed by atoms with E-state index in [9.17, 15) is 19.5 Å². The van der Waals surface area contributed by atoms with E-state index in [1.807, 2.05) is 37.3 Å². The molecule has 0 spiro atoms. The van der Waals surface area contributed by atoms with Crippen molar-refractivity contribution >= 4 is 16.9 Å². The largest absolute Gasteiger partial charge is 0.494 e. The summed E-state index contributed by atoms with van der Waals surface area (Å²) in [5.41, 5.74) is 0.000475. The molecule has 0 amide bonds. The zero-order valence-electron chi connectivity index (χ0n) is 17.8. The lowest BCUT2D eigenvalue weighted by molar-refractivity contribution is 0.433. The van der Waals surface area contributed by atoms with Gasteiger partial charge in [-0.1, -0.05) is 43.7 Å². The van der Waals surface area contributed by atoms with E-state index < -0.39 is 11.2 Å². The number of aromatic hydroxyl groups is 1. The maximum absolute atomic E-state index is 13.3. The van der Waals surface area contributed by atoms with Crippen LogP contribution in [0.25, 0.3) is 16.9 Å². The third kappa shape index (κ3) is 3.08. The van der Waals surface area contributed by atoms with E-state index in [1.54, 1.807) is 13.8 Å². The number of benzene rings is 1. The highest BCUT2D eigenvalue weighted by atomic mass is 16.3. The van der Waals surface area contributed by atoms with E-state index in [1.165, 1.54) is 13.5 Å². The van der Waals surface area contributed by atoms with E-state index in [2.05, 4.69) is 4.98 Å². The van der Waals surface area contributed by atoms with E-state index in [0.717, 1.165) is 10.1 Å². The zero-order chi connectivity index (χ0) is 22.3. The Morgan fingerprint density at radius 3 is 2.19 bits per heavy atom. The number of imidazole rings is 1. The van der Waals surface area contributed by atoms with Crippen LogP contribution in [0.3, 0.4) is 0 Å². The van der Waals surface area contributed by atoms with Crippen LogP contribution in [-0.4, -0.2) is 28.2 Å². The van der Waals surface area contributed by atoms with Crippen molar-refractivity contribution in [3.63, 3.8) is 0 Å². The average molecular weight is 423 g/mol. The van der Waals surface area contributed by atoms with Gasteiger partial charge in [-0.2, -0.15) is 4.98 Å². The van der Waals surface area contributed by atoms with E-state index in [4.69, 9.17) is 0 Å². The number of hydrogen-bond donors (Lipinski definition) is 1. The monoisotopic (exact) mass is 423 g/mol. The molecule has 0 unspecified atom stereocenters. The average Bonchev–Trinajstić information content (AvgIpc) is 3.16. The van der Waals surface area contributed by atoms with Gasteiger partial charge in [0.15, 0.2) is 11.2 Å². The number of hydrogen-bond acceptors (Lipinski definition) is 5. The lowest BCUT2D eigenvalue weighted by Crippen LogP contribution is -2.39. The molecule has 9 heteroatoms. The molecule has 0 atom stereocenters. The molecule has 0 bridgehead atoms. The molecule has 0 aliphatic rings. The van der Waals surface area contributed by atoms with Gasteiger partial charge in [0.2, 0.25) is 11.7 Å². The summed E-state index contributed by atoms with van der Waals surface area (Å²) in [5, 5.41) is 11.0. The predicted octanol–water partition coefficient (Wildman–Crippen LogP) is 1.72. The Morgan fingerprint density at radius 1 is 0.903 bits per heavy atom. The van der Waals surface area contributed by atoms with Crippen LogP contribution in [0, 0.1) is 0 Å². The lowest BCUT2D eigenvalue weighted by atomic mass is 10.1. The molecule has 3 heterocycles. The van der Waals surface area contributed by atoms with Gasteiger partial charge >= 0.3 is 5.69 Å². The molecule has 31 heavy (non-hydrogen) atoms. The molecule has 9 nitrogen and oxygen atoms in total. The fraction of sp³-hybridized carbons (Fsp3) is 0.364. The van der Waals surface area contributed by atoms with Crippen molar-refractivity contribution < 1.29 is 5.11 Å². The molecule has 0 fully saturated rings. The van der Waals surface area contributed by atoms with E-state index in [-0.39, 0.29) is 47.0 Å². The Bertz CT molecular complexity index is 1460. The van der Waals surface area contributed by atoms with Gasteiger partial charge in [0, 0.05) is 13.1 Å². The minimum absolute atomic E-state index is 0.0926. The third-order valence-electron chi connectivity index (χ3n) is 5.55. The maximum atomic E-state index is 13.3. The quantitative estimate of drug-likeness (QED) is 0.509.